The van der Waals surface area contributed by atoms with Crippen molar-refractivity contribution in [3.63, 3.8) is 0 Å². The number of rotatable bonds is 4. The maximum absolute atomic E-state index is 11.5. The van der Waals surface area contributed by atoms with Gasteiger partial charge in [-0.25, -0.2) is 13.2 Å². The SMILES string of the molecule is CCOC(=O)c1sc(NS(C)(=O)=O)cc1C. The van der Waals surface area contributed by atoms with Gasteiger partial charge in [-0.1, -0.05) is 0 Å². The minimum atomic E-state index is -3.31. The molecule has 0 saturated carbocycles. The summed E-state index contributed by atoms with van der Waals surface area (Å²) in [4.78, 5) is 11.9. The van der Waals surface area contributed by atoms with Crippen LogP contribution < -0.4 is 4.72 Å². The van der Waals surface area contributed by atoms with E-state index in [1.54, 1.807) is 19.9 Å². The van der Waals surface area contributed by atoms with Crippen molar-refractivity contribution < 1.29 is 17.9 Å². The Labute approximate surface area is 98.5 Å². The number of carbonyl (C=O) groups is 1. The summed E-state index contributed by atoms with van der Waals surface area (Å²) in [7, 11) is -3.31. The minimum Gasteiger partial charge on any atom is -0.462 e. The molecule has 1 aromatic rings. The molecule has 0 amide bonds. The zero-order valence-electron chi connectivity index (χ0n) is 9.23. The second kappa shape index (κ2) is 4.84. The van der Waals surface area contributed by atoms with Gasteiger partial charge >= 0.3 is 5.97 Å². The van der Waals surface area contributed by atoms with E-state index in [0.717, 1.165) is 17.6 Å². The van der Waals surface area contributed by atoms with Crippen LogP contribution in [-0.4, -0.2) is 27.2 Å². The van der Waals surface area contributed by atoms with Crippen LogP contribution in [0.1, 0.15) is 22.2 Å². The Hall–Kier alpha value is -1.08. The van der Waals surface area contributed by atoms with E-state index in [0.29, 0.717) is 22.0 Å². The monoisotopic (exact) mass is 263 g/mol. The summed E-state index contributed by atoms with van der Waals surface area (Å²) < 4.78 is 29.2. The first-order valence-corrected chi connectivity index (χ1v) is 7.29. The Kier molecular flexibility index (Phi) is 3.93. The molecule has 90 valence electrons. The highest BCUT2D eigenvalue weighted by atomic mass is 32.2. The van der Waals surface area contributed by atoms with Crippen LogP contribution in [0.15, 0.2) is 6.07 Å². The number of hydrogen-bond donors (Lipinski definition) is 1. The summed E-state index contributed by atoms with van der Waals surface area (Å²) in [6.07, 6.45) is 1.06. The summed E-state index contributed by atoms with van der Waals surface area (Å²) in [5, 5.41) is 0.419. The smallest absolute Gasteiger partial charge is 0.348 e. The first-order valence-electron chi connectivity index (χ1n) is 4.59. The van der Waals surface area contributed by atoms with Gasteiger partial charge in [-0.3, -0.25) is 4.72 Å². The number of aryl methyl sites for hydroxylation is 1. The molecule has 0 aromatic carbocycles. The lowest BCUT2D eigenvalue weighted by Gasteiger charge is -1.99. The number of hydrogen-bond acceptors (Lipinski definition) is 5. The highest BCUT2D eigenvalue weighted by Crippen LogP contribution is 2.27. The van der Waals surface area contributed by atoms with Gasteiger partial charge in [-0.2, -0.15) is 0 Å². The predicted molar refractivity (Wildman–Crippen MR) is 63.5 cm³/mol. The average molecular weight is 263 g/mol. The highest BCUT2D eigenvalue weighted by molar-refractivity contribution is 7.92. The number of carbonyl (C=O) groups excluding carboxylic acids is 1. The number of esters is 1. The summed E-state index contributed by atoms with van der Waals surface area (Å²) in [6.45, 7) is 3.75. The van der Waals surface area contributed by atoms with Crippen molar-refractivity contribution in [3.8, 4) is 0 Å². The van der Waals surface area contributed by atoms with Crippen molar-refractivity contribution in [1.29, 1.82) is 0 Å². The zero-order chi connectivity index (χ0) is 12.3. The molecule has 0 saturated heterocycles. The van der Waals surface area contributed by atoms with Gasteiger partial charge in [0.1, 0.15) is 9.88 Å². The van der Waals surface area contributed by atoms with Gasteiger partial charge in [-0.05, 0) is 25.5 Å². The van der Waals surface area contributed by atoms with Gasteiger partial charge in [0.2, 0.25) is 10.0 Å². The van der Waals surface area contributed by atoms with E-state index >= 15 is 0 Å². The van der Waals surface area contributed by atoms with Crippen LogP contribution in [0.3, 0.4) is 0 Å². The van der Waals surface area contributed by atoms with Crippen molar-refractivity contribution in [3.05, 3.63) is 16.5 Å². The Morgan fingerprint density at radius 3 is 2.69 bits per heavy atom. The standard InChI is InChI=1S/C9H13NO4S2/c1-4-14-9(11)8-6(2)5-7(15-8)10-16(3,12)13/h5,10H,4H2,1-3H3. The largest absolute Gasteiger partial charge is 0.462 e. The lowest BCUT2D eigenvalue weighted by atomic mass is 10.3. The normalized spacial score (nSPS) is 11.2. The number of anilines is 1. The van der Waals surface area contributed by atoms with Crippen LogP contribution in [0.5, 0.6) is 0 Å². The molecule has 1 heterocycles. The lowest BCUT2D eigenvalue weighted by molar-refractivity contribution is 0.0531. The van der Waals surface area contributed by atoms with E-state index in [9.17, 15) is 13.2 Å². The van der Waals surface area contributed by atoms with E-state index < -0.39 is 16.0 Å². The molecule has 0 atom stereocenters. The van der Waals surface area contributed by atoms with Gasteiger partial charge < -0.3 is 4.74 Å². The molecule has 0 bridgehead atoms. The third kappa shape index (κ3) is 3.49. The van der Waals surface area contributed by atoms with Gasteiger partial charge in [0, 0.05) is 0 Å². The lowest BCUT2D eigenvalue weighted by Crippen LogP contribution is -2.08. The molecule has 0 unspecified atom stereocenters. The molecule has 1 N–H and O–H groups in total. The Bertz CT molecular complexity index is 490. The molecule has 0 radical (unpaired) electrons. The van der Waals surface area contributed by atoms with Crippen LogP contribution in [0.2, 0.25) is 0 Å². The van der Waals surface area contributed by atoms with Crippen molar-refractivity contribution in [2.24, 2.45) is 0 Å². The molecule has 0 aliphatic carbocycles. The minimum absolute atomic E-state index is 0.297. The van der Waals surface area contributed by atoms with Gasteiger partial charge in [0.25, 0.3) is 0 Å². The third-order valence-corrected chi connectivity index (χ3v) is 3.52. The average Bonchev–Trinajstić information content (AvgIpc) is 2.44. The molecule has 16 heavy (non-hydrogen) atoms. The van der Waals surface area contributed by atoms with Gasteiger partial charge in [0.05, 0.1) is 12.9 Å². The first-order chi connectivity index (χ1) is 7.33. The highest BCUT2D eigenvalue weighted by Gasteiger charge is 2.15. The maximum Gasteiger partial charge on any atom is 0.348 e. The van der Waals surface area contributed by atoms with E-state index in [4.69, 9.17) is 4.74 Å². The molecular weight excluding hydrogens is 250 g/mol. The van der Waals surface area contributed by atoms with E-state index in [1.165, 1.54) is 0 Å². The predicted octanol–water partition coefficient (Wildman–Crippen LogP) is 1.60. The van der Waals surface area contributed by atoms with Crippen molar-refractivity contribution in [2.75, 3.05) is 17.6 Å². The third-order valence-electron chi connectivity index (χ3n) is 1.66. The maximum atomic E-state index is 11.5. The molecule has 1 rings (SSSR count). The van der Waals surface area contributed by atoms with E-state index in [2.05, 4.69) is 4.72 Å². The number of sulfonamides is 1. The van der Waals surface area contributed by atoms with Crippen LogP contribution in [0.4, 0.5) is 5.00 Å². The quantitative estimate of drug-likeness (QED) is 0.838. The van der Waals surface area contributed by atoms with Crippen molar-refractivity contribution >= 4 is 32.3 Å². The molecule has 5 nitrogen and oxygen atoms in total. The Morgan fingerprint density at radius 2 is 2.19 bits per heavy atom. The van der Waals surface area contributed by atoms with Gasteiger partial charge in [-0.15, -0.1) is 11.3 Å². The zero-order valence-corrected chi connectivity index (χ0v) is 10.9. The molecule has 0 spiro atoms. The fourth-order valence-corrected chi connectivity index (χ4v) is 2.98. The summed E-state index contributed by atoms with van der Waals surface area (Å²) >= 11 is 1.07. The number of nitrogens with one attached hydrogen (secondary N) is 1. The molecule has 7 heteroatoms. The fraction of sp³-hybridized carbons (Fsp3) is 0.444. The Balaban J connectivity index is 2.94. The summed E-state index contributed by atoms with van der Waals surface area (Å²) in [6, 6.07) is 1.61. The summed E-state index contributed by atoms with van der Waals surface area (Å²) in [5.41, 5.74) is 0.703. The van der Waals surface area contributed by atoms with Gasteiger partial charge in [0.15, 0.2) is 0 Å². The van der Waals surface area contributed by atoms with Crippen molar-refractivity contribution in [2.45, 2.75) is 13.8 Å². The molecular formula is C9H13NO4S2. The van der Waals surface area contributed by atoms with Crippen LogP contribution in [-0.2, 0) is 14.8 Å². The molecule has 0 aliphatic heterocycles. The van der Waals surface area contributed by atoms with Crippen LogP contribution >= 0.6 is 11.3 Å². The summed E-state index contributed by atoms with van der Waals surface area (Å²) in [5.74, 6) is -0.424. The van der Waals surface area contributed by atoms with E-state index in [-0.39, 0.29) is 0 Å². The van der Waals surface area contributed by atoms with E-state index in [1.807, 2.05) is 0 Å². The first kappa shape index (κ1) is 13.0. The Morgan fingerprint density at radius 1 is 1.56 bits per heavy atom. The van der Waals surface area contributed by atoms with Crippen LogP contribution in [0, 0.1) is 6.92 Å². The number of thiophene rings is 1. The molecule has 0 aliphatic rings. The molecule has 0 fully saturated rings. The van der Waals surface area contributed by atoms with Crippen LogP contribution in [0.25, 0.3) is 0 Å². The molecule has 1 aromatic heterocycles. The van der Waals surface area contributed by atoms with Crippen molar-refractivity contribution in [1.82, 2.24) is 0 Å². The second-order valence-corrected chi connectivity index (χ2v) is 6.02. The fourth-order valence-electron chi connectivity index (χ4n) is 1.11. The second-order valence-electron chi connectivity index (χ2n) is 3.22. The number of ether oxygens (including phenoxy) is 1. The topological polar surface area (TPSA) is 72.5 Å².